The van der Waals surface area contributed by atoms with Crippen LogP contribution < -0.4 is 30.8 Å². The van der Waals surface area contributed by atoms with Crippen LogP contribution >= 0.6 is 0 Å². The number of rotatable bonds is 11. The summed E-state index contributed by atoms with van der Waals surface area (Å²) in [5.41, 5.74) is 4.86. The molecule has 18 heteroatoms. The Morgan fingerprint density at radius 3 is 2.41 bits per heavy atom. The van der Waals surface area contributed by atoms with Gasteiger partial charge in [-0.15, -0.1) is 0 Å². The van der Waals surface area contributed by atoms with E-state index in [0.29, 0.717) is 44.5 Å². The maximum atomic E-state index is 14.0. The number of carboxylic acids is 1. The third-order valence-corrected chi connectivity index (χ3v) is 12.4. The molecule has 66 heavy (non-hydrogen) atoms. The molecule has 3 atom stereocenters. The molecule has 16 nitrogen and oxygen atoms in total. The molecular formula is C48H47F2N8O8+. The lowest BCUT2D eigenvalue weighted by Crippen LogP contribution is -2.46. The molecule has 5 amide bonds. The van der Waals surface area contributed by atoms with Crippen LogP contribution in [0.5, 0.6) is 0 Å². The SMILES string of the molecule is CN(C)c1ccc2c(-c3ccc(C(=O)NCCNC(=O)c4cccc5c4CN(C(=O)C[C@@H]4C[C@@H](C(=O)N6CC(F)(F)C[C@H]6C#N)NC4=O)C5)cc3C(=O)O)c3ccc(=[N+](C)C)cc-3oc2c1. The van der Waals surface area contributed by atoms with Crippen molar-refractivity contribution >= 4 is 52.2 Å². The fraction of sp³-hybridized carbons (Fsp3) is 0.333. The van der Waals surface area contributed by atoms with Gasteiger partial charge < -0.3 is 40.2 Å². The van der Waals surface area contributed by atoms with Crippen LogP contribution in [0.2, 0.25) is 0 Å². The van der Waals surface area contributed by atoms with Gasteiger partial charge in [0, 0.05) is 104 Å². The number of aromatic carboxylic acids is 1. The van der Waals surface area contributed by atoms with E-state index in [1.807, 2.05) is 74.1 Å². The van der Waals surface area contributed by atoms with Gasteiger partial charge in [0.2, 0.25) is 23.1 Å². The van der Waals surface area contributed by atoms with Crippen molar-refractivity contribution in [3.05, 3.63) is 106 Å². The molecule has 2 fully saturated rings. The highest BCUT2D eigenvalue weighted by Crippen LogP contribution is 2.42. The van der Waals surface area contributed by atoms with E-state index in [1.165, 1.54) is 11.0 Å². The number of anilines is 1. The molecule has 5 aliphatic rings. The molecule has 4 N–H and O–H groups in total. The maximum absolute atomic E-state index is 14.0. The summed E-state index contributed by atoms with van der Waals surface area (Å²) < 4.78 is 36.3. The molecule has 3 aromatic rings. The molecule has 0 aromatic heterocycles. The summed E-state index contributed by atoms with van der Waals surface area (Å²) in [4.78, 5) is 83.2. The number of carboxylic acid groups (broad SMARTS) is 1. The highest BCUT2D eigenvalue weighted by molar-refractivity contribution is 6.09. The number of hydrogen-bond donors (Lipinski definition) is 4. The molecule has 0 bridgehead atoms. The van der Waals surface area contributed by atoms with Crippen LogP contribution in [0.1, 0.15) is 61.5 Å². The molecule has 0 radical (unpaired) electrons. The number of alkyl halides is 2. The van der Waals surface area contributed by atoms with E-state index in [9.17, 15) is 47.9 Å². The molecule has 4 heterocycles. The molecule has 0 saturated carbocycles. The Kier molecular flexibility index (Phi) is 12.1. The number of nitrogens with zero attached hydrogens (tertiary/aromatic N) is 5. The second-order valence-corrected chi connectivity index (χ2v) is 17.3. The molecular weight excluding hydrogens is 855 g/mol. The number of halogens is 2. The lowest BCUT2D eigenvalue weighted by atomic mass is 9.89. The Morgan fingerprint density at radius 2 is 1.70 bits per heavy atom. The molecule has 1 aliphatic carbocycles. The second kappa shape index (κ2) is 17.7. The number of hydrogen-bond acceptors (Lipinski definition) is 9. The smallest absolute Gasteiger partial charge is 0.336 e. The van der Waals surface area contributed by atoms with Gasteiger partial charge in [0.05, 0.1) is 24.2 Å². The largest absolute Gasteiger partial charge is 0.478 e. The number of fused-ring (bicyclic) bond motifs is 3. The quantitative estimate of drug-likeness (QED) is 0.0860. The first-order valence-electron chi connectivity index (χ1n) is 21.3. The van der Waals surface area contributed by atoms with Gasteiger partial charge in [-0.25, -0.2) is 18.2 Å². The minimum atomic E-state index is -3.21. The Labute approximate surface area is 377 Å². The van der Waals surface area contributed by atoms with E-state index < -0.39 is 72.4 Å². The first-order valence-corrected chi connectivity index (χ1v) is 21.3. The van der Waals surface area contributed by atoms with Crippen molar-refractivity contribution in [3.8, 4) is 28.5 Å². The van der Waals surface area contributed by atoms with Crippen molar-refractivity contribution < 1.29 is 47.1 Å². The lowest BCUT2D eigenvalue weighted by molar-refractivity contribution is -0.135. The zero-order valence-electron chi connectivity index (χ0n) is 36.6. The monoisotopic (exact) mass is 901 g/mol. The highest BCUT2D eigenvalue weighted by Gasteiger charge is 2.50. The number of likely N-dealkylation sites (tertiary alicyclic amines) is 1. The minimum absolute atomic E-state index is 0.0105. The van der Waals surface area contributed by atoms with Crippen molar-refractivity contribution in [3.63, 3.8) is 0 Å². The zero-order valence-corrected chi connectivity index (χ0v) is 36.6. The number of nitrogens with one attached hydrogen (secondary N) is 3. The molecule has 340 valence electrons. The minimum Gasteiger partial charge on any atom is -0.478 e. The summed E-state index contributed by atoms with van der Waals surface area (Å²) in [5.74, 6) is -7.51. The van der Waals surface area contributed by atoms with Crippen molar-refractivity contribution in [2.75, 3.05) is 52.7 Å². The molecule has 3 aromatic carbocycles. The van der Waals surface area contributed by atoms with Crippen LogP contribution in [0.3, 0.4) is 0 Å². The Hall–Kier alpha value is -7.68. The van der Waals surface area contributed by atoms with Gasteiger partial charge in [0.25, 0.3) is 17.7 Å². The van der Waals surface area contributed by atoms with Gasteiger partial charge in [-0.05, 0) is 59.5 Å². The van der Waals surface area contributed by atoms with Crippen LogP contribution in [-0.2, 0) is 27.5 Å². The summed E-state index contributed by atoms with van der Waals surface area (Å²) in [7, 11) is 7.65. The summed E-state index contributed by atoms with van der Waals surface area (Å²) >= 11 is 0. The van der Waals surface area contributed by atoms with E-state index in [-0.39, 0.29) is 50.1 Å². The summed E-state index contributed by atoms with van der Waals surface area (Å²) in [6.45, 7) is -0.626. The average Bonchev–Trinajstić information content (AvgIpc) is 3.99. The number of amides is 5. The number of benzene rings is 4. The van der Waals surface area contributed by atoms with Crippen LogP contribution in [0.4, 0.5) is 14.5 Å². The Bertz CT molecular complexity index is 2940. The van der Waals surface area contributed by atoms with Crippen molar-refractivity contribution in [1.29, 1.82) is 5.26 Å². The number of carbonyl (C=O) groups excluding carboxylic acids is 5. The summed E-state index contributed by atoms with van der Waals surface area (Å²) in [6.07, 6.45) is -1.11. The second-order valence-electron chi connectivity index (χ2n) is 17.3. The van der Waals surface area contributed by atoms with E-state index in [4.69, 9.17) is 4.42 Å². The van der Waals surface area contributed by atoms with Crippen LogP contribution in [0.15, 0.2) is 77.2 Å². The van der Waals surface area contributed by atoms with Crippen LogP contribution in [0.25, 0.3) is 33.4 Å². The Balaban J connectivity index is 0.898. The normalized spacial score (nSPS) is 18.4. The molecule has 0 spiro atoms. The molecule has 2 saturated heterocycles. The van der Waals surface area contributed by atoms with Crippen molar-refractivity contribution in [1.82, 2.24) is 30.3 Å². The van der Waals surface area contributed by atoms with E-state index in [0.717, 1.165) is 21.5 Å². The van der Waals surface area contributed by atoms with Crippen molar-refractivity contribution in [2.24, 2.45) is 5.92 Å². The first kappa shape index (κ1) is 44.9. The first-order chi connectivity index (χ1) is 31.4. The maximum Gasteiger partial charge on any atom is 0.336 e. The van der Waals surface area contributed by atoms with E-state index in [1.54, 1.807) is 36.4 Å². The Morgan fingerprint density at radius 1 is 0.955 bits per heavy atom. The summed E-state index contributed by atoms with van der Waals surface area (Å²) in [5, 5.41) is 29.4. The fourth-order valence-corrected chi connectivity index (χ4v) is 8.94. The standard InChI is InChI=1S/C48H46F2N8O8/c1-55(2)29-9-12-34-39(19-29)66-40-20-30(56(3)4)10-13-35(40)42(34)32-11-8-26(16-36(32)47(64)65)43(60)52-14-15-53-45(62)33-7-5-6-27-23-57(24-37(27)33)41(59)18-28-17-38(54-44(28)61)46(63)58-25-48(49,50)21-31(58)22-51/h5-13,16,19-20,28,31,38H,14-15,17-18,21,23-25H2,1-4H3,(H3-,52,53,54,60,61,62,64,65)/p+1/t28-,31-,38-/m0/s1. The average molecular weight is 902 g/mol. The fourth-order valence-electron chi connectivity index (χ4n) is 8.94. The lowest BCUT2D eigenvalue weighted by Gasteiger charge is -2.22. The van der Waals surface area contributed by atoms with E-state index in [2.05, 4.69) is 16.0 Å². The molecule has 4 aliphatic heterocycles. The van der Waals surface area contributed by atoms with Crippen molar-refractivity contribution in [2.45, 2.75) is 50.4 Å². The molecule has 0 unspecified atom stereocenters. The molecule has 8 rings (SSSR count). The van der Waals surface area contributed by atoms with Gasteiger partial charge in [0.15, 0.2) is 0 Å². The third-order valence-electron chi connectivity index (χ3n) is 12.4. The van der Waals surface area contributed by atoms with Gasteiger partial charge in [0.1, 0.15) is 37.5 Å². The van der Waals surface area contributed by atoms with Gasteiger partial charge in [-0.1, -0.05) is 18.2 Å². The van der Waals surface area contributed by atoms with Gasteiger partial charge in [-0.2, -0.15) is 5.26 Å². The predicted molar refractivity (Wildman–Crippen MR) is 237 cm³/mol. The number of nitriles is 1. The van der Waals surface area contributed by atoms with Crippen LogP contribution in [0, 0.1) is 17.2 Å². The van der Waals surface area contributed by atoms with Gasteiger partial charge >= 0.3 is 5.97 Å². The number of carbonyl (C=O) groups is 6. The van der Waals surface area contributed by atoms with Gasteiger partial charge in [-0.3, -0.25) is 24.0 Å². The highest BCUT2D eigenvalue weighted by atomic mass is 19.3. The zero-order chi connectivity index (χ0) is 47.2. The van der Waals surface area contributed by atoms with Crippen LogP contribution in [-0.4, -0.2) is 116 Å². The third kappa shape index (κ3) is 8.75. The topological polar surface area (TPSA) is 208 Å². The summed E-state index contributed by atoms with van der Waals surface area (Å²) in [6, 6.07) is 20.3. The predicted octanol–water partition coefficient (Wildman–Crippen LogP) is 3.66. The van der Waals surface area contributed by atoms with E-state index >= 15 is 0 Å².